The van der Waals surface area contributed by atoms with Crippen LogP contribution in [0.25, 0.3) is 0 Å². The Kier molecular flexibility index (Phi) is 6.44. The van der Waals surface area contributed by atoms with E-state index in [-0.39, 0.29) is 11.8 Å². The summed E-state index contributed by atoms with van der Waals surface area (Å²) in [5.74, 6) is 0.0560. The average molecular weight is 395 g/mol. The summed E-state index contributed by atoms with van der Waals surface area (Å²) in [4.78, 5) is 29.3. The molecule has 0 radical (unpaired) electrons. The van der Waals surface area contributed by atoms with Crippen molar-refractivity contribution >= 4 is 35.0 Å². The number of benzene rings is 2. The van der Waals surface area contributed by atoms with Crippen molar-refractivity contribution in [1.82, 2.24) is 14.8 Å². The number of anilines is 2. The maximum atomic E-state index is 12.2. The highest BCUT2D eigenvalue weighted by Crippen LogP contribution is 2.22. The van der Waals surface area contributed by atoms with E-state index in [0.717, 1.165) is 10.5 Å². The maximum Gasteiger partial charge on any atom is 0.249 e. The van der Waals surface area contributed by atoms with E-state index < -0.39 is 6.04 Å². The fourth-order valence-electron chi connectivity index (χ4n) is 2.48. The molecule has 2 N–H and O–H groups in total. The smallest absolute Gasteiger partial charge is 0.249 e. The van der Waals surface area contributed by atoms with Gasteiger partial charge in [0.2, 0.25) is 11.8 Å². The summed E-state index contributed by atoms with van der Waals surface area (Å²) in [5, 5.41) is 9.65. The molecule has 1 unspecified atom stereocenters. The number of nitrogens with zero attached hydrogens (tertiary/aromatic N) is 3. The Bertz CT molecular complexity index is 941. The van der Waals surface area contributed by atoms with Crippen molar-refractivity contribution in [2.45, 2.75) is 24.8 Å². The van der Waals surface area contributed by atoms with Gasteiger partial charge < -0.3 is 10.6 Å². The zero-order chi connectivity index (χ0) is 19.9. The van der Waals surface area contributed by atoms with E-state index in [0.29, 0.717) is 17.1 Å². The quantitative estimate of drug-likeness (QED) is 0.598. The van der Waals surface area contributed by atoms with Crippen LogP contribution in [0, 0.1) is 6.92 Å². The monoisotopic (exact) mass is 395 g/mol. The Hall–Kier alpha value is -3.13. The Labute approximate surface area is 167 Å². The van der Waals surface area contributed by atoms with Crippen LogP contribution in [0.3, 0.4) is 0 Å². The van der Waals surface area contributed by atoms with Crippen molar-refractivity contribution in [2.24, 2.45) is 0 Å². The Morgan fingerprint density at radius 3 is 2.39 bits per heavy atom. The number of hydrogen-bond acceptors (Lipinski definition) is 5. The molecule has 28 heavy (non-hydrogen) atoms. The van der Waals surface area contributed by atoms with E-state index in [2.05, 4.69) is 20.7 Å². The van der Waals surface area contributed by atoms with Crippen LogP contribution in [0.5, 0.6) is 0 Å². The number of rotatable bonds is 7. The third-order valence-corrected chi connectivity index (χ3v) is 5.28. The number of nitrogens with one attached hydrogen (secondary N) is 2. The number of hydrogen-bond donors (Lipinski definition) is 2. The molecular weight excluding hydrogens is 374 g/mol. The molecule has 0 saturated heterocycles. The molecule has 3 rings (SSSR count). The van der Waals surface area contributed by atoms with Gasteiger partial charge in [-0.1, -0.05) is 18.2 Å². The van der Waals surface area contributed by atoms with Crippen molar-refractivity contribution in [3.63, 3.8) is 0 Å². The highest BCUT2D eigenvalue weighted by molar-refractivity contribution is 8.00. The van der Waals surface area contributed by atoms with Crippen LogP contribution < -0.4 is 10.6 Å². The highest BCUT2D eigenvalue weighted by Gasteiger charge is 2.15. The van der Waals surface area contributed by atoms with Crippen LogP contribution in [0.1, 0.15) is 18.5 Å². The zero-order valence-electron chi connectivity index (χ0n) is 15.6. The maximum absolute atomic E-state index is 12.2. The van der Waals surface area contributed by atoms with Crippen LogP contribution in [-0.4, -0.2) is 32.3 Å². The first kappa shape index (κ1) is 19.6. The predicted octanol–water partition coefficient (Wildman–Crippen LogP) is 3.52. The summed E-state index contributed by atoms with van der Waals surface area (Å²) in [5.41, 5.74) is 2.47. The lowest BCUT2D eigenvalue weighted by atomic mass is 10.2. The molecule has 0 aliphatic rings. The van der Waals surface area contributed by atoms with Gasteiger partial charge in [0.05, 0.1) is 5.75 Å². The lowest BCUT2D eigenvalue weighted by Gasteiger charge is -2.12. The summed E-state index contributed by atoms with van der Waals surface area (Å²) in [6, 6.07) is 14.5. The number of thioether (sulfide) groups is 1. The fraction of sp³-hybridized carbons (Fsp3) is 0.200. The predicted molar refractivity (Wildman–Crippen MR) is 110 cm³/mol. The van der Waals surface area contributed by atoms with Crippen molar-refractivity contribution in [2.75, 3.05) is 16.4 Å². The number of aromatic nitrogens is 3. The van der Waals surface area contributed by atoms with Crippen LogP contribution in [0.15, 0.2) is 66.1 Å². The summed E-state index contributed by atoms with van der Waals surface area (Å²) in [6.45, 7) is 3.77. The summed E-state index contributed by atoms with van der Waals surface area (Å²) >= 11 is 1.51. The first-order chi connectivity index (χ1) is 13.5. The molecular formula is C20H21N5O2S. The lowest BCUT2D eigenvalue weighted by molar-refractivity contribution is -0.119. The molecule has 2 aromatic carbocycles. The van der Waals surface area contributed by atoms with Crippen molar-refractivity contribution < 1.29 is 9.59 Å². The Morgan fingerprint density at radius 2 is 1.75 bits per heavy atom. The first-order valence-corrected chi connectivity index (χ1v) is 9.75. The largest absolute Gasteiger partial charge is 0.325 e. The Balaban J connectivity index is 1.50. The molecule has 0 aliphatic heterocycles. The zero-order valence-corrected chi connectivity index (χ0v) is 16.4. The van der Waals surface area contributed by atoms with Crippen LogP contribution in [-0.2, 0) is 9.59 Å². The van der Waals surface area contributed by atoms with E-state index in [9.17, 15) is 9.59 Å². The average Bonchev–Trinajstić information content (AvgIpc) is 3.23. The molecule has 1 heterocycles. The molecule has 0 saturated carbocycles. The van der Waals surface area contributed by atoms with Crippen LogP contribution in [0.4, 0.5) is 11.4 Å². The van der Waals surface area contributed by atoms with Gasteiger partial charge in [-0.2, -0.15) is 5.10 Å². The van der Waals surface area contributed by atoms with E-state index in [1.165, 1.54) is 29.1 Å². The minimum atomic E-state index is -0.472. The number of carbonyl (C=O) groups is 2. The SMILES string of the molecule is Cc1ccccc1SCC(=O)Nc1ccc(NC(=O)C(C)n2cncn2)cc1. The molecule has 8 heteroatoms. The normalized spacial score (nSPS) is 11.6. The van der Waals surface area contributed by atoms with Crippen molar-refractivity contribution in [3.8, 4) is 0 Å². The topological polar surface area (TPSA) is 88.9 Å². The van der Waals surface area contributed by atoms with E-state index in [4.69, 9.17) is 0 Å². The van der Waals surface area contributed by atoms with E-state index >= 15 is 0 Å². The Morgan fingerprint density at radius 1 is 1.07 bits per heavy atom. The molecule has 3 aromatic rings. The van der Waals surface area contributed by atoms with Crippen molar-refractivity contribution in [3.05, 3.63) is 66.7 Å². The van der Waals surface area contributed by atoms with Crippen LogP contribution >= 0.6 is 11.8 Å². The van der Waals surface area contributed by atoms with Gasteiger partial charge in [-0.3, -0.25) is 9.59 Å². The molecule has 0 fully saturated rings. The standard InChI is InChI=1S/C20H21N5O2S/c1-14-5-3-4-6-18(14)28-11-19(26)23-16-7-9-17(10-8-16)24-20(27)15(2)25-13-21-12-22-25/h3-10,12-13,15H,11H2,1-2H3,(H,23,26)(H,24,27). The van der Waals surface area contributed by atoms with Gasteiger partial charge in [0, 0.05) is 16.3 Å². The molecule has 0 spiro atoms. The second kappa shape index (κ2) is 9.18. The molecule has 0 aliphatic carbocycles. The second-order valence-corrected chi connectivity index (χ2v) is 7.24. The van der Waals surface area contributed by atoms with Gasteiger partial charge in [0.1, 0.15) is 18.7 Å². The van der Waals surface area contributed by atoms with Crippen molar-refractivity contribution in [1.29, 1.82) is 0 Å². The second-order valence-electron chi connectivity index (χ2n) is 6.22. The molecule has 2 amide bonds. The summed E-state index contributed by atoms with van der Waals surface area (Å²) in [6.07, 6.45) is 2.89. The third kappa shape index (κ3) is 5.20. The summed E-state index contributed by atoms with van der Waals surface area (Å²) in [7, 11) is 0. The highest BCUT2D eigenvalue weighted by atomic mass is 32.2. The number of aryl methyl sites for hydroxylation is 1. The summed E-state index contributed by atoms with van der Waals surface area (Å²) < 4.78 is 1.48. The number of amides is 2. The fourth-order valence-corrected chi connectivity index (χ4v) is 3.31. The van der Waals surface area contributed by atoms with Gasteiger partial charge in [0.25, 0.3) is 0 Å². The van der Waals surface area contributed by atoms with Gasteiger partial charge >= 0.3 is 0 Å². The minimum absolute atomic E-state index is 0.0788. The number of carbonyl (C=O) groups excluding carboxylic acids is 2. The first-order valence-electron chi connectivity index (χ1n) is 8.76. The van der Waals surface area contributed by atoms with Gasteiger partial charge in [-0.25, -0.2) is 9.67 Å². The molecule has 144 valence electrons. The molecule has 7 nitrogen and oxygen atoms in total. The molecule has 1 aromatic heterocycles. The minimum Gasteiger partial charge on any atom is -0.325 e. The molecule has 1 atom stereocenters. The van der Waals surface area contributed by atoms with Crippen LogP contribution in [0.2, 0.25) is 0 Å². The molecule has 0 bridgehead atoms. The van der Waals surface area contributed by atoms with Gasteiger partial charge in [0.15, 0.2) is 0 Å². The van der Waals surface area contributed by atoms with Gasteiger partial charge in [-0.05, 0) is 49.7 Å². The van der Waals surface area contributed by atoms with E-state index in [1.807, 2.05) is 31.2 Å². The lowest BCUT2D eigenvalue weighted by Crippen LogP contribution is -2.24. The van der Waals surface area contributed by atoms with E-state index in [1.54, 1.807) is 31.2 Å². The third-order valence-electron chi connectivity index (χ3n) is 4.10. The van der Waals surface area contributed by atoms with Gasteiger partial charge in [-0.15, -0.1) is 11.8 Å².